The van der Waals surface area contributed by atoms with Crippen molar-refractivity contribution in [2.24, 2.45) is 0 Å². The number of ketones is 1. The number of carbonyl (C=O) groups excluding carboxylic acids is 1. The second kappa shape index (κ2) is 9.17. The second-order valence-electron chi connectivity index (χ2n) is 6.36. The number of thioether (sulfide) groups is 1. The molecule has 0 spiro atoms. The molecule has 0 saturated carbocycles. The first-order chi connectivity index (χ1) is 15.1. The van der Waals surface area contributed by atoms with Crippen molar-refractivity contribution >= 4 is 17.5 Å². The van der Waals surface area contributed by atoms with Crippen LogP contribution in [0.1, 0.15) is 10.4 Å². The van der Waals surface area contributed by atoms with Gasteiger partial charge in [0.2, 0.25) is 11.6 Å². The van der Waals surface area contributed by atoms with Gasteiger partial charge in [0.05, 0.1) is 27.1 Å². The van der Waals surface area contributed by atoms with Gasteiger partial charge in [-0.1, -0.05) is 11.8 Å². The molecule has 0 saturated heterocycles. The minimum absolute atomic E-state index is 0.0884. The van der Waals surface area contributed by atoms with Gasteiger partial charge in [0.25, 0.3) is 5.22 Å². The lowest BCUT2D eigenvalue weighted by Gasteiger charge is -2.18. The summed E-state index contributed by atoms with van der Waals surface area (Å²) in [7, 11) is 4.58. The lowest BCUT2D eigenvalue weighted by molar-refractivity contribution is 0.102. The van der Waals surface area contributed by atoms with Gasteiger partial charge in [-0.2, -0.15) is 0 Å². The minimum atomic E-state index is -0.0884. The maximum Gasteiger partial charge on any atom is 0.277 e. The van der Waals surface area contributed by atoms with Gasteiger partial charge < -0.3 is 28.1 Å². The first-order valence-electron chi connectivity index (χ1n) is 9.32. The number of methoxy groups -OCH3 is 3. The molecule has 2 heterocycles. The fraction of sp³-hybridized carbons (Fsp3) is 0.286. The van der Waals surface area contributed by atoms with E-state index in [1.165, 1.54) is 21.3 Å². The molecule has 3 aromatic rings. The van der Waals surface area contributed by atoms with Crippen LogP contribution in [0, 0.1) is 0 Å². The summed E-state index contributed by atoms with van der Waals surface area (Å²) in [6, 6.07) is 8.56. The summed E-state index contributed by atoms with van der Waals surface area (Å²) in [6.07, 6.45) is 0. The van der Waals surface area contributed by atoms with Gasteiger partial charge in [0.15, 0.2) is 28.8 Å². The lowest BCUT2D eigenvalue weighted by atomic mass is 10.1. The van der Waals surface area contributed by atoms with Crippen molar-refractivity contribution in [1.29, 1.82) is 0 Å². The fourth-order valence-corrected chi connectivity index (χ4v) is 3.67. The summed E-state index contributed by atoms with van der Waals surface area (Å²) in [5, 5.41) is 8.36. The highest BCUT2D eigenvalue weighted by molar-refractivity contribution is 7.99. The van der Waals surface area contributed by atoms with Crippen LogP contribution in [0.15, 0.2) is 40.0 Å². The Bertz CT molecular complexity index is 1070. The van der Waals surface area contributed by atoms with Crippen molar-refractivity contribution in [2.75, 3.05) is 40.3 Å². The molecule has 0 radical (unpaired) electrons. The number of hydrogen-bond donors (Lipinski definition) is 0. The van der Waals surface area contributed by atoms with E-state index in [2.05, 4.69) is 10.2 Å². The average Bonchev–Trinajstić information content (AvgIpc) is 3.30. The number of ether oxygens (including phenoxy) is 5. The van der Waals surface area contributed by atoms with Gasteiger partial charge in [-0.05, 0) is 30.3 Å². The van der Waals surface area contributed by atoms with E-state index in [9.17, 15) is 4.79 Å². The second-order valence-corrected chi connectivity index (χ2v) is 7.28. The monoisotopic (exact) mass is 444 g/mol. The molecule has 1 aliphatic heterocycles. The topological polar surface area (TPSA) is 102 Å². The molecular formula is C21H20N2O7S. The maximum atomic E-state index is 12.6. The number of carbonyl (C=O) groups is 1. The molecule has 9 nitrogen and oxygen atoms in total. The normalized spacial score (nSPS) is 12.4. The zero-order chi connectivity index (χ0) is 21.8. The van der Waals surface area contributed by atoms with Crippen LogP contribution >= 0.6 is 11.8 Å². The van der Waals surface area contributed by atoms with Gasteiger partial charge in [-0.25, -0.2) is 0 Å². The van der Waals surface area contributed by atoms with E-state index in [4.69, 9.17) is 28.1 Å². The number of hydrogen-bond acceptors (Lipinski definition) is 10. The van der Waals surface area contributed by atoms with Gasteiger partial charge in [0.1, 0.15) is 13.2 Å². The first kappa shape index (κ1) is 20.9. The van der Waals surface area contributed by atoms with Crippen molar-refractivity contribution in [3.8, 4) is 40.2 Å². The molecule has 0 bridgehead atoms. The first-order valence-corrected chi connectivity index (χ1v) is 10.3. The van der Waals surface area contributed by atoms with Crippen LogP contribution in [0.2, 0.25) is 0 Å². The van der Waals surface area contributed by atoms with Crippen LogP contribution < -0.4 is 23.7 Å². The van der Waals surface area contributed by atoms with Crippen molar-refractivity contribution in [1.82, 2.24) is 10.2 Å². The SMILES string of the molecule is COc1cc(-c2nnc(SCC(=O)c3ccc4c(c3)OCCO4)o2)cc(OC)c1OC. The van der Waals surface area contributed by atoms with Gasteiger partial charge in [-0.3, -0.25) is 4.79 Å². The molecule has 0 fully saturated rings. The Morgan fingerprint density at radius 3 is 2.35 bits per heavy atom. The Balaban J connectivity index is 1.47. The summed E-state index contributed by atoms with van der Waals surface area (Å²) in [5.74, 6) is 2.94. The van der Waals surface area contributed by atoms with Crippen molar-refractivity contribution < 1.29 is 32.9 Å². The fourth-order valence-electron chi connectivity index (χ4n) is 3.02. The van der Waals surface area contributed by atoms with E-state index < -0.39 is 0 Å². The van der Waals surface area contributed by atoms with Crippen LogP contribution in [0.5, 0.6) is 28.7 Å². The predicted molar refractivity (Wildman–Crippen MR) is 112 cm³/mol. The predicted octanol–water partition coefficient (Wildman–Crippen LogP) is 3.51. The molecule has 10 heteroatoms. The molecule has 1 aromatic heterocycles. The molecule has 4 rings (SSSR count). The Morgan fingerprint density at radius 1 is 0.968 bits per heavy atom. The summed E-state index contributed by atoms with van der Waals surface area (Å²) < 4.78 is 32.7. The summed E-state index contributed by atoms with van der Waals surface area (Å²) in [4.78, 5) is 12.6. The molecule has 0 amide bonds. The van der Waals surface area contributed by atoms with E-state index in [0.29, 0.717) is 53.1 Å². The van der Waals surface area contributed by atoms with E-state index in [0.717, 1.165) is 11.8 Å². The molecule has 162 valence electrons. The number of nitrogens with zero attached hydrogens (tertiary/aromatic N) is 2. The van der Waals surface area contributed by atoms with Crippen LogP contribution in [-0.2, 0) is 0 Å². The van der Waals surface area contributed by atoms with Crippen molar-refractivity contribution in [3.63, 3.8) is 0 Å². The average molecular weight is 444 g/mol. The molecule has 0 N–H and O–H groups in total. The number of Topliss-reactive ketones (excluding diaryl/α,β-unsaturated/α-hetero) is 1. The van der Waals surface area contributed by atoms with Crippen LogP contribution in [0.4, 0.5) is 0 Å². The van der Waals surface area contributed by atoms with Gasteiger partial charge in [0, 0.05) is 11.1 Å². The smallest absolute Gasteiger partial charge is 0.277 e. The third-order valence-corrected chi connectivity index (χ3v) is 5.33. The highest BCUT2D eigenvalue weighted by atomic mass is 32.2. The molecule has 1 aliphatic rings. The number of rotatable bonds is 8. The summed E-state index contributed by atoms with van der Waals surface area (Å²) in [6.45, 7) is 0.965. The third-order valence-electron chi connectivity index (χ3n) is 4.51. The van der Waals surface area contributed by atoms with Crippen LogP contribution in [0.25, 0.3) is 11.5 Å². The molecule has 0 unspecified atom stereocenters. The number of benzene rings is 2. The Kier molecular flexibility index (Phi) is 6.17. The zero-order valence-electron chi connectivity index (χ0n) is 17.2. The summed E-state index contributed by atoms with van der Waals surface area (Å²) >= 11 is 1.15. The Hall–Kier alpha value is -3.40. The Morgan fingerprint density at radius 2 is 1.68 bits per heavy atom. The van der Waals surface area contributed by atoms with Gasteiger partial charge >= 0.3 is 0 Å². The number of aromatic nitrogens is 2. The molecule has 0 aliphatic carbocycles. The van der Waals surface area contributed by atoms with E-state index >= 15 is 0 Å². The standard InChI is InChI=1S/C21H20N2O7S/c1-25-17-9-13(10-18(26-2)19(17)27-3)20-22-23-21(30-20)31-11-14(24)12-4-5-15-16(8-12)29-7-6-28-15/h4-5,8-10H,6-7,11H2,1-3H3. The minimum Gasteiger partial charge on any atom is -0.493 e. The van der Waals surface area contributed by atoms with Crippen LogP contribution in [-0.4, -0.2) is 56.3 Å². The van der Waals surface area contributed by atoms with Gasteiger partial charge in [-0.15, -0.1) is 10.2 Å². The summed E-state index contributed by atoms with van der Waals surface area (Å²) in [5.41, 5.74) is 1.13. The number of fused-ring (bicyclic) bond motifs is 1. The van der Waals surface area contributed by atoms with E-state index in [-0.39, 0.29) is 22.6 Å². The maximum absolute atomic E-state index is 12.6. The third kappa shape index (κ3) is 4.38. The van der Waals surface area contributed by atoms with E-state index in [1.54, 1.807) is 30.3 Å². The highest BCUT2D eigenvalue weighted by Crippen LogP contribution is 2.41. The highest BCUT2D eigenvalue weighted by Gasteiger charge is 2.19. The molecule has 0 atom stereocenters. The van der Waals surface area contributed by atoms with E-state index in [1.807, 2.05) is 0 Å². The lowest BCUT2D eigenvalue weighted by Crippen LogP contribution is -2.16. The van der Waals surface area contributed by atoms with Crippen molar-refractivity contribution in [2.45, 2.75) is 5.22 Å². The Labute approximate surface area is 182 Å². The molecule has 31 heavy (non-hydrogen) atoms. The van der Waals surface area contributed by atoms with Crippen LogP contribution in [0.3, 0.4) is 0 Å². The molecular weight excluding hydrogens is 424 g/mol. The zero-order valence-corrected chi connectivity index (χ0v) is 18.0. The molecule has 2 aromatic carbocycles. The van der Waals surface area contributed by atoms with Crippen molar-refractivity contribution in [3.05, 3.63) is 35.9 Å². The largest absolute Gasteiger partial charge is 0.493 e. The quantitative estimate of drug-likeness (QED) is 0.379.